The van der Waals surface area contributed by atoms with Crippen molar-refractivity contribution in [3.63, 3.8) is 0 Å². The summed E-state index contributed by atoms with van der Waals surface area (Å²) >= 11 is 0. The van der Waals surface area contributed by atoms with Crippen LogP contribution in [0.25, 0.3) is 0 Å². The van der Waals surface area contributed by atoms with E-state index in [0.717, 1.165) is 4.31 Å². The van der Waals surface area contributed by atoms with E-state index >= 15 is 0 Å². The fourth-order valence-corrected chi connectivity index (χ4v) is 4.30. The molecule has 2 heterocycles. The smallest absolute Gasteiger partial charge is 0.316 e. The number of rotatable bonds is 2. The second-order valence-electron chi connectivity index (χ2n) is 5.02. The van der Waals surface area contributed by atoms with Gasteiger partial charge in [-0.05, 0) is 32.2 Å². The zero-order valence-corrected chi connectivity index (χ0v) is 10.1. The summed E-state index contributed by atoms with van der Waals surface area (Å²) in [4.78, 5) is 0. The van der Waals surface area contributed by atoms with E-state index in [1.165, 1.54) is 0 Å². The van der Waals surface area contributed by atoms with Crippen molar-refractivity contribution in [3.05, 3.63) is 0 Å². The normalized spacial score (nSPS) is 34.6. The first-order valence-corrected chi connectivity index (χ1v) is 6.78. The molecule has 0 aliphatic carbocycles. The number of sulfonamides is 1. The lowest BCUT2D eigenvalue weighted by atomic mass is 9.85. The van der Waals surface area contributed by atoms with E-state index in [1.807, 2.05) is 0 Å². The van der Waals surface area contributed by atoms with E-state index in [2.05, 4.69) is 5.32 Å². The molecule has 0 bridgehead atoms. The third-order valence-corrected chi connectivity index (χ3v) is 5.51. The minimum absolute atomic E-state index is 0.126. The maximum absolute atomic E-state index is 12.5. The summed E-state index contributed by atoms with van der Waals surface area (Å²) in [6, 6.07) is 0. The van der Waals surface area contributed by atoms with Crippen LogP contribution in [0.5, 0.6) is 0 Å². The Morgan fingerprint density at radius 1 is 1.38 bits per heavy atom. The summed E-state index contributed by atoms with van der Waals surface area (Å²) < 4.78 is 49.1. The number of fused-ring (bicyclic) bond motifs is 1. The molecule has 4 nitrogen and oxygen atoms in total. The highest BCUT2D eigenvalue weighted by Crippen LogP contribution is 2.43. The summed E-state index contributed by atoms with van der Waals surface area (Å²) in [5.74, 6) is -3.04. The predicted octanol–water partition coefficient (Wildman–Crippen LogP) is 0.469. The van der Waals surface area contributed by atoms with Crippen molar-refractivity contribution in [2.24, 2.45) is 11.8 Å². The van der Waals surface area contributed by atoms with Gasteiger partial charge in [0.1, 0.15) is 0 Å². The SMILES string of the molecule is CC1(C)C2CNCC2CN1S(=O)(=O)C(F)F. The Kier molecular flexibility index (Phi) is 2.75. The average molecular weight is 254 g/mol. The molecule has 7 heteroatoms. The molecule has 0 saturated carbocycles. The third-order valence-electron chi connectivity index (χ3n) is 3.82. The maximum atomic E-state index is 12.5. The topological polar surface area (TPSA) is 49.4 Å². The van der Waals surface area contributed by atoms with Gasteiger partial charge in [-0.25, -0.2) is 8.42 Å². The highest BCUT2D eigenvalue weighted by atomic mass is 32.2. The molecule has 0 aromatic rings. The van der Waals surface area contributed by atoms with Gasteiger partial charge in [-0.3, -0.25) is 0 Å². The van der Waals surface area contributed by atoms with Crippen molar-refractivity contribution < 1.29 is 17.2 Å². The van der Waals surface area contributed by atoms with Gasteiger partial charge in [0.15, 0.2) is 0 Å². The highest BCUT2D eigenvalue weighted by Gasteiger charge is 2.55. The van der Waals surface area contributed by atoms with Crippen LogP contribution < -0.4 is 5.32 Å². The van der Waals surface area contributed by atoms with E-state index in [4.69, 9.17) is 0 Å². The number of alkyl halides is 2. The van der Waals surface area contributed by atoms with Crippen LogP contribution in [0.3, 0.4) is 0 Å². The second-order valence-corrected chi connectivity index (χ2v) is 6.84. The Balaban J connectivity index is 2.32. The molecule has 16 heavy (non-hydrogen) atoms. The van der Waals surface area contributed by atoms with E-state index < -0.39 is 21.3 Å². The summed E-state index contributed by atoms with van der Waals surface area (Å²) in [5, 5.41) is 3.17. The highest BCUT2D eigenvalue weighted by molar-refractivity contribution is 7.89. The van der Waals surface area contributed by atoms with Crippen LogP contribution in [0.1, 0.15) is 13.8 Å². The average Bonchev–Trinajstić information content (AvgIpc) is 2.68. The number of hydrogen-bond acceptors (Lipinski definition) is 3. The molecule has 2 aliphatic heterocycles. The maximum Gasteiger partial charge on any atom is 0.350 e. The number of halogens is 2. The minimum atomic E-state index is -4.45. The van der Waals surface area contributed by atoms with Crippen LogP contribution in [0.15, 0.2) is 0 Å². The Bertz CT molecular complexity index is 383. The monoisotopic (exact) mass is 254 g/mol. The Hall–Kier alpha value is -0.270. The van der Waals surface area contributed by atoms with Gasteiger partial charge in [0.05, 0.1) is 0 Å². The fourth-order valence-electron chi connectivity index (χ4n) is 2.91. The Morgan fingerprint density at radius 2 is 2.00 bits per heavy atom. The van der Waals surface area contributed by atoms with Gasteiger partial charge in [-0.2, -0.15) is 13.1 Å². The van der Waals surface area contributed by atoms with Gasteiger partial charge in [-0.15, -0.1) is 0 Å². The van der Waals surface area contributed by atoms with Crippen molar-refractivity contribution in [2.45, 2.75) is 25.1 Å². The largest absolute Gasteiger partial charge is 0.350 e. The lowest BCUT2D eigenvalue weighted by Crippen LogP contribution is -2.49. The molecule has 2 rings (SSSR count). The molecule has 0 aromatic heterocycles. The zero-order chi connectivity index (χ0) is 12.1. The minimum Gasteiger partial charge on any atom is -0.316 e. The lowest BCUT2D eigenvalue weighted by Gasteiger charge is -2.34. The van der Waals surface area contributed by atoms with Gasteiger partial charge < -0.3 is 5.32 Å². The van der Waals surface area contributed by atoms with E-state index in [9.17, 15) is 17.2 Å². The standard InChI is InChI=1S/C9H16F2N2O2S/c1-9(2)7-4-12-3-6(7)5-13(9)16(14,15)8(10)11/h6-8,12H,3-5H2,1-2H3. The number of nitrogens with zero attached hydrogens (tertiary/aromatic N) is 1. The molecule has 2 saturated heterocycles. The van der Waals surface area contributed by atoms with Gasteiger partial charge in [0.2, 0.25) is 0 Å². The number of nitrogens with one attached hydrogen (secondary N) is 1. The third kappa shape index (κ3) is 1.56. The first-order valence-electron chi connectivity index (χ1n) is 5.28. The van der Waals surface area contributed by atoms with E-state index in [1.54, 1.807) is 13.8 Å². The summed E-state index contributed by atoms with van der Waals surface area (Å²) in [5.41, 5.74) is -0.719. The fraction of sp³-hybridized carbons (Fsp3) is 1.00. The van der Waals surface area contributed by atoms with Crippen molar-refractivity contribution >= 4 is 10.0 Å². The quantitative estimate of drug-likeness (QED) is 0.779. The molecule has 0 radical (unpaired) electrons. The van der Waals surface area contributed by atoms with E-state index in [0.29, 0.717) is 13.1 Å². The Morgan fingerprint density at radius 3 is 2.50 bits per heavy atom. The lowest BCUT2D eigenvalue weighted by molar-refractivity contribution is 0.186. The van der Waals surface area contributed by atoms with Crippen molar-refractivity contribution in [3.8, 4) is 0 Å². The molecule has 0 amide bonds. The molecular formula is C9H16F2N2O2S. The van der Waals surface area contributed by atoms with Crippen molar-refractivity contribution in [1.29, 1.82) is 0 Å². The molecule has 2 atom stereocenters. The van der Waals surface area contributed by atoms with Crippen LogP contribution in [0.2, 0.25) is 0 Å². The second kappa shape index (κ2) is 3.61. The number of hydrogen-bond donors (Lipinski definition) is 1. The summed E-state index contributed by atoms with van der Waals surface area (Å²) in [6.45, 7) is 5.07. The van der Waals surface area contributed by atoms with Gasteiger partial charge in [0, 0.05) is 18.6 Å². The molecule has 0 aromatic carbocycles. The van der Waals surface area contributed by atoms with Crippen LogP contribution in [-0.2, 0) is 10.0 Å². The van der Waals surface area contributed by atoms with Crippen LogP contribution in [0.4, 0.5) is 8.78 Å². The first kappa shape index (κ1) is 12.2. The van der Waals surface area contributed by atoms with Crippen molar-refractivity contribution in [2.75, 3.05) is 19.6 Å². The Labute approximate surface area is 94.0 Å². The molecule has 0 spiro atoms. The van der Waals surface area contributed by atoms with Gasteiger partial charge in [0.25, 0.3) is 10.0 Å². The van der Waals surface area contributed by atoms with Crippen LogP contribution in [-0.4, -0.2) is 43.7 Å². The molecule has 2 fully saturated rings. The van der Waals surface area contributed by atoms with Crippen LogP contribution in [0, 0.1) is 11.8 Å². The zero-order valence-electron chi connectivity index (χ0n) is 9.28. The molecule has 1 N–H and O–H groups in total. The predicted molar refractivity (Wildman–Crippen MR) is 55.6 cm³/mol. The molecule has 2 aliphatic rings. The van der Waals surface area contributed by atoms with Gasteiger partial charge in [-0.1, -0.05) is 0 Å². The van der Waals surface area contributed by atoms with Crippen LogP contribution >= 0.6 is 0 Å². The first-order chi connectivity index (χ1) is 7.28. The van der Waals surface area contributed by atoms with E-state index in [-0.39, 0.29) is 18.4 Å². The molecule has 94 valence electrons. The molecular weight excluding hydrogens is 238 g/mol. The molecule has 2 unspecified atom stereocenters. The van der Waals surface area contributed by atoms with Crippen molar-refractivity contribution in [1.82, 2.24) is 9.62 Å². The van der Waals surface area contributed by atoms with Gasteiger partial charge >= 0.3 is 5.76 Å². The summed E-state index contributed by atoms with van der Waals surface area (Å²) in [7, 11) is -4.45. The summed E-state index contributed by atoms with van der Waals surface area (Å²) in [6.07, 6.45) is 0.